The van der Waals surface area contributed by atoms with Gasteiger partial charge in [0.25, 0.3) is 0 Å². The second kappa shape index (κ2) is 6.23. The summed E-state index contributed by atoms with van der Waals surface area (Å²) in [5.74, 6) is 0. The van der Waals surface area contributed by atoms with Crippen molar-refractivity contribution >= 4 is 23.0 Å². The van der Waals surface area contributed by atoms with E-state index in [9.17, 15) is 15.0 Å². The second-order valence-corrected chi connectivity index (χ2v) is 6.92. The number of rotatable bonds is 2. The Labute approximate surface area is 133 Å². The lowest BCUT2D eigenvalue weighted by molar-refractivity contribution is -0.165. The maximum Gasteiger partial charge on any atom is 0.409 e. The fraction of sp³-hybridized carbons (Fsp3) is 0.846. The zero-order valence-corrected chi connectivity index (χ0v) is 13.4. The number of thioether (sulfide) groups is 1. The molecule has 8 nitrogen and oxygen atoms in total. The highest BCUT2D eigenvalue weighted by Gasteiger charge is 2.49. The Morgan fingerprint density at radius 2 is 2.18 bits per heavy atom. The van der Waals surface area contributed by atoms with Crippen molar-refractivity contribution in [2.75, 3.05) is 33.8 Å². The third kappa shape index (κ3) is 2.90. The van der Waals surface area contributed by atoms with Gasteiger partial charge >= 0.3 is 6.09 Å². The van der Waals surface area contributed by atoms with Crippen LogP contribution in [0.2, 0.25) is 0 Å². The number of amides is 1. The summed E-state index contributed by atoms with van der Waals surface area (Å²) in [6.45, 7) is 1.83. The standard InChI is InChI=1S/C13H21N3O5S/c1-15(2)13(19)20-6-7-9(17)10(18)8-11(21-7)22-12(14-8)16-4-3-5-16/h7-11,17-18H,3-6H2,1-2H3/t7-,8-,9-,10-,11-/m1/s1. The van der Waals surface area contributed by atoms with Gasteiger partial charge in [-0.15, -0.1) is 0 Å². The third-order valence-corrected chi connectivity index (χ3v) is 5.21. The number of fused-ring (bicyclic) bond motifs is 1. The highest BCUT2D eigenvalue weighted by atomic mass is 32.2. The Kier molecular flexibility index (Phi) is 4.49. The van der Waals surface area contributed by atoms with Crippen LogP contribution in [0.4, 0.5) is 4.79 Å². The van der Waals surface area contributed by atoms with E-state index in [1.165, 1.54) is 16.7 Å². The van der Waals surface area contributed by atoms with Crippen molar-refractivity contribution in [2.45, 2.75) is 36.2 Å². The summed E-state index contributed by atoms with van der Waals surface area (Å²) >= 11 is 1.46. The molecule has 124 valence electrons. The van der Waals surface area contributed by atoms with Crippen LogP contribution in [0.25, 0.3) is 0 Å². The molecule has 0 aromatic carbocycles. The summed E-state index contributed by atoms with van der Waals surface area (Å²) in [7, 11) is 3.15. The van der Waals surface area contributed by atoms with E-state index in [-0.39, 0.29) is 12.0 Å². The largest absolute Gasteiger partial charge is 0.447 e. The van der Waals surface area contributed by atoms with Crippen molar-refractivity contribution < 1.29 is 24.5 Å². The van der Waals surface area contributed by atoms with Gasteiger partial charge < -0.3 is 29.5 Å². The van der Waals surface area contributed by atoms with E-state index in [0.29, 0.717) is 0 Å². The molecule has 0 bridgehead atoms. The molecule has 0 aromatic heterocycles. The zero-order chi connectivity index (χ0) is 15.9. The van der Waals surface area contributed by atoms with Gasteiger partial charge in [-0.3, -0.25) is 4.99 Å². The SMILES string of the molecule is CN(C)C(=O)OC[C@H]1O[C@@H]2SC(N3CCC3)=N[C@@H]2[C@@H](O)[C@@H]1O. The number of hydrogen-bond acceptors (Lipinski definition) is 8. The minimum Gasteiger partial charge on any atom is -0.447 e. The number of carbonyl (C=O) groups is 1. The Morgan fingerprint density at radius 3 is 2.77 bits per heavy atom. The van der Waals surface area contributed by atoms with Gasteiger partial charge in [0.05, 0.1) is 0 Å². The summed E-state index contributed by atoms with van der Waals surface area (Å²) in [4.78, 5) is 19.4. The molecule has 2 fully saturated rings. The minimum atomic E-state index is -1.13. The first-order chi connectivity index (χ1) is 10.5. The molecule has 0 unspecified atom stereocenters. The maximum atomic E-state index is 11.5. The zero-order valence-electron chi connectivity index (χ0n) is 12.6. The highest BCUT2D eigenvalue weighted by molar-refractivity contribution is 8.14. The fourth-order valence-electron chi connectivity index (χ4n) is 2.50. The number of aliphatic imine (C=N–C) groups is 1. The van der Waals surface area contributed by atoms with Crippen LogP contribution >= 0.6 is 11.8 Å². The van der Waals surface area contributed by atoms with Crippen LogP contribution in [-0.4, -0.2) is 94.9 Å². The summed E-state index contributed by atoms with van der Waals surface area (Å²) in [6.07, 6.45) is -2.27. The average molecular weight is 331 g/mol. The second-order valence-electron chi connectivity index (χ2n) is 5.86. The average Bonchev–Trinajstić information content (AvgIpc) is 2.82. The smallest absolute Gasteiger partial charge is 0.409 e. The monoisotopic (exact) mass is 331 g/mol. The van der Waals surface area contributed by atoms with Gasteiger partial charge in [-0.25, -0.2) is 4.79 Å². The van der Waals surface area contributed by atoms with Gasteiger partial charge in [-0.2, -0.15) is 0 Å². The molecule has 2 saturated heterocycles. The summed E-state index contributed by atoms with van der Waals surface area (Å²) in [5, 5.41) is 21.3. The number of nitrogens with zero attached hydrogens (tertiary/aromatic N) is 3. The Hall–Kier alpha value is -1.03. The molecule has 0 aliphatic carbocycles. The Morgan fingerprint density at radius 1 is 1.45 bits per heavy atom. The van der Waals surface area contributed by atoms with E-state index < -0.39 is 30.4 Å². The van der Waals surface area contributed by atoms with E-state index in [1.807, 2.05) is 0 Å². The van der Waals surface area contributed by atoms with Crippen LogP contribution in [-0.2, 0) is 9.47 Å². The molecule has 2 N–H and O–H groups in total. The van der Waals surface area contributed by atoms with Crippen LogP contribution in [0.3, 0.4) is 0 Å². The van der Waals surface area contributed by atoms with Crippen molar-refractivity contribution in [1.82, 2.24) is 9.80 Å². The number of amidine groups is 1. The quantitative estimate of drug-likeness (QED) is 0.691. The molecule has 1 amide bonds. The lowest BCUT2D eigenvalue weighted by Crippen LogP contribution is -2.56. The van der Waals surface area contributed by atoms with Crippen molar-refractivity contribution in [2.24, 2.45) is 4.99 Å². The van der Waals surface area contributed by atoms with Gasteiger partial charge in [-0.1, -0.05) is 11.8 Å². The van der Waals surface area contributed by atoms with E-state index in [0.717, 1.165) is 24.7 Å². The number of aliphatic hydroxyl groups is 2. The molecule has 3 heterocycles. The Bertz CT molecular complexity index is 471. The van der Waals surface area contributed by atoms with E-state index in [2.05, 4.69) is 9.89 Å². The van der Waals surface area contributed by atoms with Gasteiger partial charge in [0.2, 0.25) is 0 Å². The summed E-state index contributed by atoms with van der Waals surface area (Å²) in [5.41, 5.74) is -0.350. The van der Waals surface area contributed by atoms with Crippen molar-refractivity contribution in [3.05, 3.63) is 0 Å². The molecule has 0 radical (unpaired) electrons. The normalized spacial score (nSPS) is 37.2. The summed E-state index contributed by atoms with van der Waals surface area (Å²) < 4.78 is 10.8. The third-order valence-electron chi connectivity index (χ3n) is 4.01. The van der Waals surface area contributed by atoms with Gasteiger partial charge in [0.15, 0.2) is 5.17 Å². The first-order valence-electron chi connectivity index (χ1n) is 7.32. The van der Waals surface area contributed by atoms with Crippen molar-refractivity contribution in [3.63, 3.8) is 0 Å². The lowest BCUT2D eigenvalue weighted by Gasteiger charge is -2.38. The van der Waals surface area contributed by atoms with E-state index in [1.54, 1.807) is 14.1 Å². The van der Waals surface area contributed by atoms with Gasteiger partial charge in [0, 0.05) is 27.2 Å². The maximum absolute atomic E-state index is 11.5. The van der Waals surface area contributed by atoms with Crippen LogP contribution in [0.1, 0.15) is 6.42 Å². The topological polar surface area (TPSA) is 94.8 Å². The molecular formula is C13H21N3O5S. The van der Waals surface area contributed by atoms with Crippen LogP contribution in [0, 0.1) is 0 Å². The van der Waals surface area contributed by atoms with Crippen molar-refractivity contribution in [3.8, 4) is 0 Å². The van der Waals surface area contributed by atoms with E-state index >= 15 is 0 Å². The van der Waals surface area contributed by atoms with Crippen LogP contribution < -0.4 is 0 Å². The first kappa shape index (κ1) is 15.9. The van der Waals surface area contributed by atoms with Crippen LogP contribution in [0.5, 0.6) is 0 Å². The predicted octanol–water partition coefficient (Wildman–Crippen LogP) is -0.692. The number of aliphatic hydroxyl groups excluding tert-OH is 2. The van der Waals surface area contributed by atoms with Crippen molar-refractivity contribution in [1.29, 1.82) is 0 Å². The Balaban J connectivity index is 1.60. The molecule has 3 aliphatic rings. The van der Waals surface area contributed by atoms with Gasteiger partial charge in [-0.05, 0) is 6.42 Å². The number of ether oxygens (including phenoxy) is 2. The molecule has 5 atom stereocenters. The molecular weight excluding hydrogens is 310 g/mol. The molecule has 0 aromatic rings. The molecule has 0 spiro atoms. The predicted molar refractivity (Wildman–Crippen MR) is 80.7 cm³/mol. The molecule has 9 heteroatoms. The number of carbonyl (C=O) groups excluding carboxylic acids is 1. The first-order valence-corrected chi connectivity index (χ1v) is 8.20. The van der Waals surface area contributed by atoms with E-state index in [4.69, 9.17) is 9.47 Å². The molecule has 0 saturated carbocycles. The van der Waals surface area contributed by atoms with Crippen LogP contribution in [0.15, 0.2) is 4.99 Å². The number of hydrogen-bond donors (Lipinski definition) is 2. The number of likely N-dealkylation sites (tertiary alicyclic amines) is 1. The minimum absolute atomic E-state index is 0.0991. The molecule has 3 aliphatic heterocycles. The lowest BCUT2D eigenvalue weighted by atomic mass is 9.99. The highest BCUT2D eigenvalue weighted by Crippen LogP contribution is 2.38. The summed E-state index contributed by atoms with van der Waals surface area (Å²) in [6, 6.07) is -0.476. The molecule has 3 rings (SSSR count). The van der Waals surface area contributed by atoms with Gasteiger partial charge in [0.1, 0.15) is 36.4 Å². The fourth-order valence-corrected chi connectivity index (χ4v) is 3.78. The molecule has 22 heavy (non-hydrogen) atoms.